The van der Waals surface area contributed by atoms with Crippen molar-refractivity contribution >= 4 is 92.7 Å². The molecule has 6 amide bonds. The van der Waals surface area contributed by atoms with Crippen LogP contribution >= 0.6 is 0 Å². The van der Waals surface area contributed by atoms with E-state index in [9.17, 15) is 28.8 Å². The molecular formula is C112H112N8O24. The quantitative estimate of drug-likeness (QED) is 0.0378. The molecule has 8 heterocycles. The molecule has 0 spiro atoms. The Kier molecular flexibility index (Phi) is 30.7. The highest BCUT2D eigenvalue weighted by atomic mass is 16.6. The Labute approximate surface area is 834 Å². The Bertz CT molecular complexity index is 6340. The Balaban J connectivity index is 0.000000200. The van der Waals surface area contributed by atoms with Crippen LogP contribution in [0.4, 0.5) is 32.3 Å². The van der Waals surface area contributed by atoms with E-state index in [4.69, 9.17) is 95.2 Å². The van der Waals surface area contributed by atoms with E-state index in [0.29, 0.717) is 108 Å². The summed E-state index contributed by atoms with van der Waals surface area (Å²) in [6.07, 6.45) is 9.46. The molecule has 2 unspecified atom stereocenters. The molecule has 0 saturated heterocycles. The first-order valence-electron chi connectivity index (χ1n) is 46.8. The van der Waals surface area contributed by atoms with Gasteiger partial charge >= 0.3 is 12.2 Å². The lowest BCUT2D eigenvalue weighted by atomic mass is 9.92. The minimum absolute atomic E-state index is 0.0343. The van der Waals surface area contributed by atoms with Gasteiger partial charge in [0.25, 0.3) is 23.6 Å². The van der Waals surface area contributed by atoms with Gasteiger partial charge < -0.3 is 105 Å². The molecule has 0 N–H and O–H groups in total. The lowest BCUT2D eigenvalue weighted by Crippen LogP contribution is -2.55. The molecule has 32 heteroatoms. The van der Waals surface area contributed by atoms with Gasteiger partial charge in [-0.3, -0.25) is 19.2 Å². The van der Waals surface area contributed by atoms with Crippen molar-refractivity contribution in [1.29, 1.82) is 0 Å². The maximum atomic E-state index is 14.6. The van der Waals surface area contributed by atoms with E-state index in [1.807, 2.05) is 158 Å². The fourth-order valence-corrected chi connectivity index (χ4v) is 19.2. The highest BCUT2D eigenvalue weighted by Gasteiger charge is 2.49. The number of carbonyl (C=O) groups is 6. The summed E-state index contributed by atoms with van der Waals surface area (Å²) in [6, 6.07) is 57.5. The first-order valence-corrected chi connectivity index (χ1v) is 46.8. The van der Waals surface area contributed by atoms with Crippen LogP contribution in [0, 0.1) is 0 Å². The first kappa shape index (κ1) is 99.1. The van der Waals surface area contributed by atoms with Gasteiger partial charge in [-0.25, -0.2) is 29.4 Å². The molecule has 6 atom stereocenters. The van der Waals surface area contributed by atoms with Gasteiger partial charge in [0.05, 0.1) is 128 Å². The highest BCUT2D eigenvalue weighted by Crippen LogP contribution is 2.49. The zero-order valence-electron chi connectivity index (χ0n) is 82.1. The van der Waals surface area contributed by atoms with Crippen molar-refractivity contribution in [2.24, 2.45) is 9.98 Å². The molecule has 10 aromatic carbocycles. The summed E-state index contributed by atoms with van der Waals surface area (Å²) in [5.41, 5.74) is 13.8. The largest absolute Gasteiger partial charge is 0.497 e. The third kappa shape index (κ3) is 20.6. The third-order valence-corrected chi connectivity index (χ3v) is 26.5. The van der Waals surface area contributed by atoms with Crippen LogP contribution in [0.2, 0.25) is 0 Å². The molecule has 8 aliphatic rings. The van der Waals surface area contributed by atoms with E-state index in [-0.39, 0.29) is 122 Å². The Morgan fingerprint density at radius 3 is 0.896 bits per heavy atom. The molecule has 0 radical (unpaired) electrons. The summed E-state index contributed by atoms with van der Waals surface area (Å²) in [4.78, 5) is 105. The van der Waals surface area contributed by atoms with Crippen molar-refractivity contribution in [3.8, 4) is 69.0 Å². The van der Waals surface area contributed by atoms with Gasteiger partial charge in [0.1, 0.15) is 74.7 Å². The number of benzene rings is 10. The second-order valence-electron chi connectivity index (χ2n) is 34.6. The fourth-order valence-electron chi connectivity index (χ4n) is 19.2. The van der Waals surface area contributed by atoms with Gasteiger partial charge in [0, 0.05) is 77.5 Å². The van der Waals surface area contributed by atoms with E-state index < -0.39 is 48.8 Å². The number of hydrogen-bond donors (Lipinski definition) is 0. The van der Waals surface area contributed by atoms with E-state index in [2.05, 4.69) is 25.3 Å². The molecule has 8 aliphatic heterocycles. The van der Waals surface area contributed by atoms with Crippen molar-refractivity contribution in [1.82, 2.24) is 19.6 Å². The molecule has 0 aromatic heterocycles. The number of rotatable bonds is 30. The standard InChI is InChI=1S/C60H62N4O14.C52H50N4O10/c1-9-26-75-59(67)63-47-33-53(51(71-5)31-45(47)55(65)61-24-22-41(29-49(61)57(63)73-7)39-14-18-43(69-3)19-15-39)77-35-37-12-11-13-38(28-37)36-78-54-34-48-46(32-52(54)72-6)56(66)62-25-23-42(40-16-20-44(70-4)21-17-40)30-50(62)58(74-8)64(48)60(68)76-27-10-2;1-59-37-14-10-33(11-15-37)35-18-20-55-43(23-35)49(63-5)53-41-27-47(45(61-3)25-39(41)51(55)57)65-29-31-8-7-9-32(22-31)30-66-48-28-42-40(26-46(48)62-4)52(58)56-21-19-36(24-44(56)50(54-42)64-6)34-12-16-38(60-2)17-13-34/h9-23,28,31-34,49-50,57-58H,1-2,24-27,29-30,35-36H2,3-8H3;7-19,22,25-28,43-44H,20-21,23-24,29-30H2,1-6H3/t49-,50-,57?,58?;43-,44-/m00/s1. The summed E-state index contributed by atoms with van der Waals surface area (Å²) < 4.78 is 105. The van der Waals surface area contributed by atoms with Crippen LogP contribution in [0.15, 0.2) is 254 Å². The third-order valence-electron chi connectivity index (χ3n) is 26.5. The number of aliphatic imine (C=N–C) groups is 2. The Hall–Kier alpha value is -16.5. The number of amides is 6. The van der Waals surface area contributed by atoms with Gasteiger partial charge in [-0.1, -0.05) is 135 Å². The molecule has 0 bridgehead atoms. The highest BCUT2D eigenvalue weighted by molar-refractivity contribution is 6.10. The number of ether oxygens (including phenoxy) is 18. The summed E-state index contributed by atoms with van der Waals surface area (Å²) in [5, 5.41) is 0. The number of nitrogens with zero attached hydrogens (tertiary/aromatic N) is 8. The van der Waals surface area contributed by atoms with Crippen LogP contribution < -0.4 is 66.6 Å². The molecule has 10 aromatic rings. The molecular weight excluding hydrogens is 1840 g/mol. The average Bonchev–Trinajstić information content (AvgIpc) is 1.60. The van der Waals surface area contributed by atoms with Crippen molar-refractivity contribution in [2.45, 2.75) is 88.7 Å². The van der Waals surface area contributed by atoms with Gasteiger partial charge in [0.15, 0.2) is 58.5 Å². The maximum absolute atomic E-state index is 14.6. The van der Waals surface area contributed by atoms with E-state index in [0.717, 1.165) is 78.3 Å². The van der Waals surface area contributed by atoms with Crippen LogP contribution in [0.5, 0.6) is 69.0 Å². The Morgan fingerprint density at radius 2 is 0.611 bits per heavy atom. The molecule has 18 rings (SSSR count). The zero-order valence-corrected chi connectivity index (χ0v) is 82.1. The van der Waals surface area contributed by atoms with Crippen LogP contribution in [-0.4, -0.2) is 229 Å². The van der Waals surface area contributed by atoms with Crippen molar-refractivity contribution in [3.63, 3.8) is 0 Å². The molecule has 144 heavy (non-hydrogen) atoms. The van der Waals surface area contributed by atoms with Gasteiger partial charge in [-0.2, -0.15) is 0 Å². The molecule has 0 fully saturated rings. The summed E-state index contributed by atoms with van der Waals surface area (Å²) in [7, 11) is 18.7. The van der Waals surface area contributed by atoms with Gasteiger partial charge in [0.2, 0.25) is 11.8 Å². The van der Waals surface area contributed by atoms with Crippen LogP contribution in [0.1, 0.15) is 112 Å². The predicted molar refractivity (Wildman–Crippen MR) is 542 cm³/mol. The number of methoxy groups -OCH3 is 12. The lowest BCUT2D eigenvalue weighted by Gasteiger charge is -2.40. The molecule has 0 aliphatic carbocycles. The summed E-state index contributed by atoms with van der Waals surface area (Å²) >= 11 is 0. The first-order chi connectivity index (χ1) is 70.2. The fraction of sp³-hybridized carbons (Fsp3) is 0.286. The van der Waals surface area contributed by atoms with Crippen LogP contribution in [0.25, 0.3) is 22.3 Å². The van der Waals surface area contributed by atoms with Crippen molar-refractivity contribution in [2.75, 3.05) is 135 Å². The maximum Gasteiger partial charge on any atom is 0.416 e. The minimum atomic E-state index is -0.972. The minimum Gasteiger partial charge on any atom is -0.497 e. The number of hydrogen-bond acceptors (Lipinski definition) is 26. The smallest absolute Gasteiger partial charge is 0.416 e. The van der Waals surface area contributed by atoms with Crippen molar-refractivity contribution in [3.05, 3.63) is 310 Å². The molecule has 744 valence electrons. The van der Waals surface area contributed by atoms with Crippen LogP contribution in [0.3, 0.4) is 0 Å². The number of fused-ring (bicyclic) bond motifs is 8. The topological polar surface area (TPSA) is 313 Å². The number of anilines is 2. The SMILES string of the molecule is C=CCOC(=O)N1c2cc(OCc3cccc(COc4cc5c(cc4OC)C(=O)N4CC=C(c6ccc(OC)cc6)C[C@H]4C(OC)N5C(=O)OCC=C)c3)c(OC)cc2C(=O)N2CC=C(c3ccc(OC)cc3)C[C@H]2C1OC.COC1=Nc2cc(OCc3cccc(COc4cc5c(cc4OC)C(=O)N4CC=C(c6ccc(OC)cc6)C[C@H]4C(OC)=N5)c3)c(OC)cc2C(=O)N2CC=C(c3ccc(OC)cc3)C[C@@H]12. The molecule has 32 nitrogen and oxygen atoms in total. The monoisotopic (exact) mass is 1950 g/mol. The van der Waals surface area contributed by atoms with Crippen molar-refractivity contribution < 1.29 is 114 Å². The number of carbonyl (C=O) groups excluding carboxylic acids is 6. The Morgan fingerprint density at radius 1 is 0.326 bits per heavy atom. The summed E-state index contributed by atoms with van der Waals surface area (Å²) in [5.74, 6) is 5.49. The molecule has 0 saturated carbocycles. The van der Waals surface area contributed by atoms with Gasteiger partial charge in [-0.15, -0.1) is 0 Å². The predicted octanol–water partition coefficient (Wildman–Crippen LogP) is 18.6. The van der Waals surface area contributed by atoms with Crippen LogP contribution in [-0.2, 0) is 54.8 Å². The van der Waals surface area contributed by atoms with E-state index in [1.165, 1.54) is 50.4 Å². The second kappa shape index (κ2) is 44.6. The summed E-state index contributed by atoms with van der Waals surface area (Å²) in [6.45, 7) is 8.99. The second-order valence-corrected chi connectivity index (χ2v) is 34.6. The van der Waals surface area contributed by atoms with Gasteiger partial charge in [-0.05, 0) is 165 Å². The average molecular weight is 1950 g/mol. The van der Waals surface area contributed by atoms with E-state index >= 15 is 0 Å². The zero-order chi connectivity index (χ0) is 101. The lowest BCUT2D eigenvalue weighted by molar-refractivity contribution is 0.0175. The van der Waals surface area contributed by atoms with E-state index in [1.54, 1.807) is 125 Å². The normalized spacial score (nSPS) is 18.1.